The molecule has 0 unspecified atom stereocenters. The van der Waals surface area contributed by atoms with Crippen LogP contribution in [-0.2, 0) is 0 Å². The SMILES string of the molecule is NNc1nc(-c2ccc(Br)cc2)c[se]1. The van der Waals surface area contributed by atoms with E-state index in [0.717, 1.165) is 20.4 Å². The molecule has 5 heteroatoms. The van der Waals surface area contributed by atoms with Gasteiger partial charge in [-0.2, -0.15) is 0 Å². The van der Waals surface area contributed by atoms with Gasteiger partial charge in [0.1, 0.15) is 0 Å². The van der Waals surface area contributed by atoms with E-state index < -0.39 is 0 Å². The van der Waals surface area contributed by atoms with Crippen LogP contribution in [0.4, 0.5) is 4.69 Å². The Kier molecular flexibility index (Phi) is 3.03. The number of nitrogen functional groups attached to an aromatic ring is 1. The van der Waals surface area contributed by atoms with Crippen molar-refractivity contribution in [3.63, 3.8) is 0 Å². The number of hydrazine groups is 1. The van der Waals surface area contributed by atoms with Crippen molar-refractivity contribution in [3.8, 4) is 11.3 Å². The number of rotatable bonds is 2. The predicted octanol–water partition coefficient (Wildman–Crippen LogP) is 1.85. The molecule has 0 spiro atoms. The number of anilines is 1. The summed E-state index contributed by atoms with van der Waals surface area (Å²) in [7, 11) is 0. The van der Waals surface area contributed by atoms with Crippen LogP contribution in [0.2, 0.25) is 0 Å². The van der Waals surface area contributed by atoms with Crippen LogP contribution in [0.15, 0.2) is 33.7 Å². The van der Waals surface area contributed by atoms with Crippen molar-refractivity contribution in [1.82, 2.24) is 4.98 Å². The standard InChI is InChI=1S/C9H8BrN3Se/c10-7-3-1-6(2-4-7)8-5-14-9(12-8)13-11/h1-5H,11H2,(H,12,13). The van der Waals surface area contributed by atoms with Gasteiger partial charge in [-0.1, -0.05) is 0 Å². The van der Waals surface area contributed by atoms with Crippen LogP contribution in [0.5, 0.6) is 0 Å². The Balaban J connectivity index is 2.34. The topological polar surface area (TPSA) is 50.9 Å². The molecule has 0 atom stereocenters. The molecule has 0 amide bonds. The molecular formula is C9H8BrN3Se. The molecule has 0 aliphatic rings. The van der Waals surface area contributed by atoms with E-state index in [1.54, 1.807) is 0 Å². The molecule has 0 saturated heterocycles. The Morgan fingerprint density at radius 3 is 2.57 bits per heavy atom. The quantitative estimate of drug-likeness (QED) is 0.505. The van der Waals surface area contributed by atoms with Crippen molar-refractivity contribution in [2.45, 2.75) is 0 Å². The van der Waals surface area contributed by atoms with Crippen molar-refractivity contribution in [2.75, 3.05) is 5.43 Å². The fraction of sp³-hybridized carbons (Fsp3) is 0. The van der Waals surface area contributed by atoms with E-state index in [4.69, 9.17) is 5.84 Å². The molecule has 0 aliphatic heterocycles. The van der Waals surface area contributed by atoms with E-state index in [0.29, 0.717) is 0 Å². The first-order chi connectivity index (χ1) is 6.79. The maximum absolute atomic E-state index is 5.29. The summed E-state index contributed by atoms with van der Waals surface area (Å²) in [4.78, 5) is 6.48. The zero-order valence-corrected chi connectivity index (χ0v) is 10.5. The summed E-state index contributed by atoms with van der Waals surface area (Å²) >= 11 is 3.64. The van der Waals surface area contributed by atoms with Crippen molar-refractivity contribution in [3.05, 3.63) is 33.7 Å². The minimum atomic E-state index is 0.247. The molecule has 72 valence electrons. The molecule has 1 aromatic carbocycles. The number of nitrogens with one attached hydrogen (secondary N) is 1. The second kappa shape index (κ2) is 4.27. The van der Waals surface area contributed by atoms with Crippen molar-refractivity contribution in [1.29, 1.82) is 0 Å². The summed E-state index contributed by atoms with van der Waals surface area (Å²) in [5.41, 5.74) is 4.72. The van der Waals surface area contributed by atoms with E-state index in [-0.39, 0.29) is 14.5 Å². The van der Waals surface area contributed by atoms with Gasteiger partial charge in [-0.3, -0.25) is 0 Å². The van der Waals surface area contributed by atoms with Crippen LogP contribution in [0.3, 0.4) is 0 Å². The minimum absolute atomic E-state index is 0.247. The molecule has 2 aromatic rings. The summed E-state index contributed by atoms with van der Waals surface area (Å²) < 4.78 is 1.95. The normalized spacial score (nSPS) is 10.1. The molecule has 1 heterocycles. The molecule has 0 radical (unpaired) electrons. The molecule has 0 fully saturated rings. The number of halogens is 1. The number of benzene rings is 1. The van der Waals surface area contributed by atoms with Crippen molar-refractivity contribution < 1.29 is 0 Å². The summed E-state index contributed by atoms with van der Waals surface area (Å²) in [5, 5.41) is 0. The van der Waals surface area contributed by atoms with Crippen LogP contribution >= 0.6 is 15.9 Å². The molecule has 0 bridgehead atoms. The van der Waals surface area contributed by atoms with Crippen LogP contribution in [0, 0.1) is 0 Å². The zero-order valence-electron chi connectivity index (χ0n) is 7.20. The fourth-order valence-corrected chi connectivity index (χ4v) is 2.68. The molecule has 14 heavy (non-hydrogen) atoms. The van der Waals surface area contributed by atoms with Gasteiger partial charge in [-0.15, -0.1) is 0 Å². The van der Waals surface area contributed by atoms with E-state index in [9.17, 15) is 0 Å². The van der Waals surface area contributed by atoms with Gasteiger partial charge in [0.2, 0.25) is 0 Å². The van der Waals surface area contributed by atoms with Gasteiger partial charge in [-0.05, 0) is 0 Å². The van der Waals surface area contributed by atoms with Crippen LogP contribution in [0.25, 0.3) is 11.3 Å². The average Bonchev–Trinajstić information content (AvgIpc) is 2.67. The van der Waals surface area contributed by atoms with Crippen molar-refractivity contribution >= 4 is 35.1 Å². The number of nitrogens with zero attached hydrogens (tertiary/aromatic N) is 1. The van der Waals surface area contributed by atoms with E-state index in [1.165, 1.54) is 0 Å². The Hall–Kier alpha value is -0.611. The van der Waals surface area contributed by atoms with Gasteiger partial charge in [-0.25, -0.2) is 0 Å². The van der Waals surface area contributed by atoms with Crippen LogP contribution in [0.1, 0.15) is 0 Å². The summed E-state index contributed by atoms with van der Waals surface area (Å²) in [6.07, 6.45) is 0. The van der Waals surface area contributed by atoms with Crippen LogP contribution in [-0.4, -0.2) is 19.5 Å². The maximum atomic E-state index is 5.29. The first-order valence-corrected chi connectivity index (χ1v) is 6.61. The Labute approximate surface area is 96.2 Å². The van der Waals surface area contributed by atoms with Gasteiger partial charge in [0.15, 0.2) is 0 Å². The fourth-order valence-electron chi connectivity index (χ4n) is 1.09. The van der Waals surface area contributed by atoms with Crippen LogP contribution < -0.4 is 11.3 Å². The monoisotopic (exact) mass is 317 g/mol. The Morgan fingerprint density at radius 1 is 1.29 bits per heavy atom. The second-order valence-corrected chi connectivity index (χ2v) is 5.41. The third kappa shape index (κ3) is 2.07. The molecule has 3 N–H and O–H groups in total. The number of hydrogen-bond acceptors (Lipinski definition) is 3. The first-order valence-electron chi connectivity index (χ1n) is 3.97. The molecule has 0 aliphatic carbocycles. The van der Waals surface area contributed by atoms with Gasteiger partial charge in [0, 0.05) is 0 Å². The molecule has 3 nitrogen and oxygen atoms in total. The van der Waals surface area contributed by atoms with E-state index in [2.05, 4.69) is 31.3 Å². The van der Waals surface area contributed by atoms with Gasteiger partial charge in [0.25, 0.3) is 0 Å². The molecule has 0 saturated carbocycles. The third-order valence-corrected chi connectivity index (χ3v) is 3.92. The first kappa shape index (κ1) is 9.93. The number of hydrogen-bond donors (Lipinski definition) is 2. The summed E-state index contributed by atoms with van der Waals surface area (Å²) in [5.74, 6) is 5.29. The summed E-state index contributed by atoms with van der Waals surface area (Å²) in [6, 6.07) is 8.09. The Morgan fingerprint density at radius 2 is 2.00 bits per heavy atom. The van der Waals surface area contributed by atoms with Gasteiger partial charge < -0.3 is 0 Å². The van der Waals surface area contributed by atoms with Gasteiger partial charge >= 0.3 is 96.3 Å². The van der Waals surface area contributed by atoms with E-state index in [1.807, 2.05) is 24.3 Å². The van der Waals surface area contributed by atoms with E-state index >= 15 is 0 Å². The number of aromatic nitrogens is 1. The third-order valence-electron chi connectivity index (χ3n) is 1.77. The molecule has 1 aromatic heterocycles. The average molecular weight is 317 g/mol. The molecular weight excluding hydrogens is 309 g/mol. The predicted molar refractivity (Wildman–Crippen MR) is 62.1 cm³/mol. The summed E-state index contributed by atoms with van der Waals surface area (Å²) in [6.45, 7) is 0. The van der Waals surface area contributed by atoms with Gasteiger partial charge in [0.05, 0.1) is 0 Å². The van der Waals surface area contributed by atoms with Crippen molar-refractivity contribution in [2.24, 2.45) is 5.84 Å². The Bertz CT molecular complexity index is 424. The second-order valence-electron chi connectivity index (χ2n) is 2.69. The zero-order chi connectivity index (χ0) is 9.97. The molecule has 2 rings (SSSR count). The number of nitrogens with two attached hydrogens (primary N) is 1.